The van der Waals surface area contributed by atoms with E-state index in [-0.39, 0.29) is 10.0 Å². The number of hydrogen-bond acceptors (Lipinski definition) is 1. The third-order valence-electron chi connectivity index (χ3n) is 1.67. The molecule has 0 bridgehead atoms. The number of alkyl halides is 3. The van der Waals surface area contributed by atoms with E-state index >= 15 is 0 Å². The highest BCUT2D eigenvalue weighted by molar-refractivity contribution is 9.10. The molecule has 1 nitrogen and oxygen atoms in total. The van der Waals surface area contributed by atoms with Gasteiger partial charge in [-0.25, -0.2) is 0 Å². The molecule has 0 saturated heterocycles. The molecule has 0 heterocycles. The van der Waals surface area contributed by atoms with Gasteiger partial charge >= 0.3 is 6.18 Å². The number of ketones is 1. The van der Waals surface area contributed by atoms with Crippen molar-refractivity contribution in [2.24, 2.45) is 0 Å². The van der Waals surface area contributed by atoms with E-state index in [1.54, 1.807) is 0 Å². The molecule has 0 aliphatic heterocycles. The Labute approximate surface area is 87.1 Å². The summed E-state index contributed by atoms with van der Waals surface area (Å²) in [5.41, 5.74) is -1.22. The Morgan fingerprint density at radius 2 is 1.93 bits per heavy atom. The van der Waals surface area contributed by atoms with Gasteiger partial charge in [0.15, 0.2) is 5.78 Å². The average Bonchev–Trinajstić information content (AvgIpc) is 2.01. The summed E-state index contributed by atoms with van der Waals surface area (Å²) in [4.78, 5) is 11.0. The van der Waals surface area contributed by atoms with Crippen LogP contribution in [0.25, 0.3) is 0 Å². The second-order valence-electron chi connectivity index (χ2n) is 2.72. The summed E-state index contributed by atoms with van der Waals surface area (Å²) in [6.07, 6.45) is -4.50. The molecule has 1 rings (SSSR count). The maximum Gasteiger partial charge on any atom is 0.417 e. The van der Waals surface area contributed by atoms with Gasteiger partial charge in [-0.2, -0.15) is 13.2 Å². The van der Waals surface area contributed by atoms with Crippen molar-refractivity contribution >= 4 is 21.7 Å². The first-order valence-electron chi connectivity index (χ1n) is 3.70. The highest BCUT2D eigenvalue weighted by atomic mass is 79.9. The number of hydrogen-bond donors (Lipinski definition) is 0. The molecule has 0 fully saturated rings. The van der Waals surface area contributed by atoms with E-state index in [1.807, 2.05) is 0 Å². The second-order valence-corrected chi connectivity index (χ2v) is 3.57. The Hall–Kier alpha value is -0.840. The normalized spacial score (nSPS) is 11.5. The summed E-state index contributed by atoms with van der Waals surface area (Å²) in [5, 5.41) is 0. The zero-order valence-electron chi connectivity index (χ0n) is 7.15. The van der Waals surface area contributed by atoms with Crippen LogP contribution in [0.1, 0.15) is 22.8 Å². The Balaban J connectivity index is 3.44. The number of halogens is 4. The molecule has 0 aromatic heterocycles. The van der Waals surface area contributed by atoms with Crippen LogP contribution < -0.4 is 0 Å². The van der Waals surface area contributed by atoms with Crippen LogP contribution in [0.2, 0.25) is 0 Å². The Kier molecular flexibility index (Phi) is 2.99. The molecule has 0 radical (unpaired) electrons. The summed E-state index contributed by atoms with van der Waals surface area (Å²) in [6.45, 7) is 1.11. The molecule has 0 N–H and O–H groups in total. The van der Waals surface area contributed by atoms with Crippen molar-refractivity contribution in [2.45, 2.75) is 13.1 Å². The second kappa shape index (κ2) is 3.73. The van der Waals surface area contributed by atoms with Crippen molar-refractivity contribution in [1.82, 2.24) is 0 Å². The standard InChI is InChI=1S/C9H6BrF3O/c1-5(14)8-6(9(11,12)13)3-2-4-7(8)10/h2-4H,1H3. The van der Waals surface area contributed by atoms with Crippen molar-refractivity contribution < 1.29 is 18.0 Å². The monoisotopic (exact) mass is 266 g/mol. The van der Waals surface area contributed by atoms with Gasteiger partial charge in [0, 0.05) is 10.0 Å². The number of benzene rings is 1. The summed E-state index contributed by atoms with van der Waals surface area (Å²) in [6, 6.07) is 3.55. The summed E-state index contributed by atoms with van der Waals surface area (Å²) < 4.78 is 37.4. The van der Waals surface area contributed by atoms with Gasteiger partial charge in [-0.1, -0.05) is 22.0 Å². The van der Waals surface area contributed by atoms with E-state index in [2.05, 4.69) is 15.9 Å². The van der Waals surface area contributed by atoms with E-state index in [0.29, 0.717) is 0 Å². The molecule has 1 aromatic carbocycles. The van der Waals surface area contributed by atoms with Gasteiger partial charge in [-0.15, -0.1) is 0 Å². The first kappa shape index (κ1) is 11.2. The fraction of sp³-hybridized carbons (Fsp3) is 0.222. The maximum absolute atomic E-state index is 12.4. The van der Waals surface area contributed by atoms with Crippen molar-refractivity contribution in [2.75, 3.05) is 0 Å². The third-order valence-corrected chi connectivity index (χ3v) is 2.33. The molecule has 5 heteroatoms. The van der Waals surface area contributed by atoms with Crippen LogP contribution in [0.15, 0.2) is 22.7 Å². The third kappa shape index (κ3) is 2.15. The molecule has 0 aliphatic rings. The number of Topliss-reactive ketones (excluding diaryl/α,β-unsaturated/α-hetero) is 1. The minimum atomic E-state index is -4.50. The first-order chi connectivity index (χ1) is 6.34. The summed E-state index contributed by atoms with van der Waals surface area (Å²) in [7, 11) is 0. The Bertz CT molecular complexity index is 371. The van der Waals surface area contributed by atoms with Crippen LogP contribution in [0.4, 0.5) is 13.2 Å². The number of carbonyl (C=O) groups is 1. The van der Waals surface area contributed by atoms with Gasteiger partial charge in [0.25, 0.3) is 0 Å². The molecule has 0 spiro atoms. The zero-order chi connectivity index (χ0) is 10.9. The topological polar surface area (TPSA) is 17.1 Å². The Morgan fingerprint density at radius 3 is 2.29 bits per heavy atom. The number of carbonyl (C=O) groups excluding carboxylic acids is 1. The van der Waals surface area contributed by atoms with Crippen LogP contribution in [-0.2, 0) is 6.18 Å². The molecule has 0 saturated carbocycles. The van der Waals surface area contributed by atoms with Crippen LogP contribution in [0.5, 0.6) is 0 Å². The average molecular weight is 267 g/mol. The molecular formula is C9H6BrF3O. The molecular weight excluding hydrogens is 261 g/mol. The van der Waals surface area contributed by atoms with Crippen molar-refractivity contribution in [3.63, 3.8) is 0 Å². The minimum Gasteiger partial charge on any atom is -0.294 e. The summed E-state index contributed by atoms with van der Waals surface area (Å²) in [5.74, 6) is -0.607. The highest BCUT2D eigenvalue weighted by Crippen LogP contribution is 2.35. The van der Waals surface area contributed by atoms with Gasteiger partial charge in [-0.05, 0) is 19.1 Å². The van der Waals surface area contributed by atoms with Crippen LogP contribution in [0, 0.1) is 0 Å². The summed E-state index contributed by atoms with van der Waals surface area (Å²) >= 11 is 2.92. The van der Waals surface area contributed by atoms with E-state index in [4.69, 9.17) is 0 Å². The Morgan fingerprint density at radius 1 is 1.36 bits per heavy atom. The fourth-order valence-electron chi connectivity index (χ4n) is 1.12. The smallest absolute Gasteiger partial charge is 0.294 e. The fourth-order valence-corrected chi connectivity index (χ4v) is 1.76. The van der Waals surface area contributed by atoms with E-state index < -0.39 is 17.5 Å². The lowest BCUT2D eigenvalue weighted by Crippen LogP contribution is -2.12. The molecule has 0 amide bonds. The van der Waals surface area contributed by atoms with Gasteiger partial charge < -0.3 is 0 Å². The van der Waals surface area contributed by atoms with Gasteiger partial charge in [-0.3, -0.25) is 4.79 Å². The quantitative estimate of drug-likeness (QED) is 0.709. The van der Waals surface area contributed by atoms with Crippen LogP contribution >= 0.6 is 15.9 Å². The van der Waals surface area contributed by atoms with Crippen molar-refractivity contribution in [3.05, 3.63) is 33.8 Å². The van der Waals surface area contributed by atoms with E-state index in [0.717, 1.165) is 13.0 Å². The van der Waals surface area contributed by atoms with Gasteiger partial charge in [0.2, 0.25) is 0 Å². The predicted octanol–water partition coefficient (Wildman–Crippen LogP) is 3.67. The van der Waals surface area contributed by atoms with Crippen LogP contribution in [0.3, 0.4) is 0 Å². The van der Waals surface area contributed by atoms with E-state index in [9.17, 15) is 18.0 Å². The van der Waals surface area contributed by atoms with Gasteiger partial charge in [0.1, 0.15) is 0 Å². The lowest BCUT2D eigenvalue weighted by Gasteiger charge is -2.11. The minimum absolute atomic E-state index is 0.167. The molecule has 1 aromatic rings. The lowest BCUT2D eigenvalue weighted by molar-refractivity contribution is -0.137. The van der Waals surface area contributed by atoms with Crippen LogP contribution in [-0.4, -0.2) is 5.78 Å². The molecule has 0 unspecified atom stereocenters. The molecule has 14 heavy (non-hydrogen) atoms. The lowest BCUT2D eigenvalue weighted by atomic mass is 10.0. The van der Waals surface area contributed by atoms with E-state index in [1.165, 1.54) is 12.1 Å². The van der Waals surface area contributed by atoms with Crippen molar-refractivity contribution in [1.29, 1.82) is 0 Å². The largest absolute Gasteiger partial charge is 0.417 e. The molecule has 0 atom stereocenters. The van der Waals surface area contributed by atoms with Gasteiger partial charge in [0.05, 0.1) is 5.56 Å². The highest BCUT2D eigenvalue weighted by Gasteiger charge is 2.35. The van der Waals surface area contributed by atoms with Crippen molar-refractivity contribution in [3.8, 4) is 0 Å². The first-order valence-corrected chi connectivity index (χ1v) is 4.50. The maximum atomic E-state index is 12.4. The number of rotatable bonds is 1. The zero-order valence-corrected chi connectivity index (χ0v) is 8.74. The SMILES string of the molecule is CC(=O)c1c(Br)cccc1C(F)(F)F. The molecule has 0 aliphatic carbocycles. The molecule has 76 valence electrons. The predicted molar refractivity (Wildman–Crippen MR) is 49.1 cm³/mol.